The van der Waals surface area contributed by atoms with Crippen molar-refractivity contribution in [1.29, 1.82) is 0 Å². The summed E-state index contributed by atoms with van der Waals surface area (Å²) in [5.74, 6) is -0.799. The lowest BCUT2D eigenvalue weighted by Crippen LogP contribution is -1.99. The van der Waals surface area contributed by atoms with Crippen molar-refractivity contribution in [2.45, 2.75) is 11.3 Å². The highest BCUT2D eigenvalue weighted by molar-refractivity contribution is 7.98. The molecule has 0 saturated heterocycles. The summed E-state index contributed by atoms with van der Waals surface area (Å²) >= 11 is 1.72. The van der Waals surface area contributed by atoms with E-state index >= 15 is 0 Å². The van der Waals surface area contributed by atoms with Crippen molar-refractivity contribution in [2.24, 2.45) is 0 Å². The van der Waals surface area contributed by atoms with E-state index in [-0.39, 0.29) is 6.42 Å². The molecule has 0 unspecified atom stereocenters. The fourth-order valence-electron chi connectivity index (χ4n) is 1.77. The summed E-state index contributed by atoms with van der Waals surface area (Å²) in [6.07, 6.45) is 2.13. The van der Waals surface area contributed by atoms with Gasteiger partial charge in [-0.15, -0.1) is 11.8 Å². The van der Waals surface area contributed by atoms with Crippen LogP contribution in [-0.4, -0.2) is 17.3 Å². The van der Waals surface area contributed by atoms with Gasteiger partial charge < -0.3 is 5.11 Å². The van der Waals surface area contributed by atoms with E-state index in [0.29, 0.717) is 0 Å². The first-order chi connectivity index (χ1) is 8.69. The summed E-state index contributed by atoms with van der Waals surface area (Å²) < 4.78 is 0. The van der Waals surface area contributed by atoms with Gasteiger partial charge in [-0.25, -0.2) is 0 Å². The third kappa shape index (κ3) is 3.14. The van der Waals surface area contributed by atoms with Crippen molar-refractivity contribution in [3.8, 4) is 11.1 Å². The first kappa shape index (κ1) is 12.7. The van der Waals surface area contributed by atoms with E-state index in [1.807, 2.05) is 24.3 Å². The van der Waals surface area contributed by atoms with Gasteiger partial charge in [-0.3, -0.25) is 4.79 Å². The molecule has 0 radical (unpaired) electrons. The number of carboxylic acids is 1. The molecule has 0 spiro atoms. The number of carboxylic acid groups (broad SMARTS) is 1. The second-order valence-corrected chi connectivity index (χ2v) is 4.88. The normalized spacial score (nSPS) is 10.3. The number of aliphatic carboxylic acids is 1. The molecule has 18 heavy (non-hydrogen) atoms. The fourth-order valence-corrected chi connectivity index (χ4v) is 2.18. The molecule has 0 atom stereocenters. The van der Waals surface area contributed by atoms with E-state index in [1.54, 1.807) is 11.8 Å². The van der Waals surface area contributed by atoms with Crippen LogP contribution in [-0.2, 0) is 11.2 Å². The molecule has 0 heterocycles. The quantitative estimate of drug-likeness (QED) is 0.850. The summed E-state index contributed by atoms with van der Waals surface area (Å²) in [4.78, 5) is 11.8. The van der Waals surface area contributed by atoms with Crippen LogP contribution in [0.1, 0.15) is 5.56 Å². The maximum atomic E-state index is 10.6. The molecule has 2 aromatic rings. The Kier molecular flexibility index (Phi) is 4.05. The summed E-state index contributed by atoms with van der Waals surface area (Å²) in [6.45, 7) is 0. The maximum Gasteiger partial charge on any atom is 0.307 e. The second kappa shape index (κ2) is 5.74. The highest BCUT2D eigenvalue weighted by atomic mass is 32.2. The highest BCUT2D eigenvalue weighted by Gasteiger charge is 2.01. The van der Waals surface area contributed by atoms with Crippen LogP contribution in [0.3, 0.4) is 0 Å². The van der Waals surface area contributed by atoms with Gasteiger partial charge in [0.25, 0.3) is 0 Å². The van der Waals surface area contributed by atoms with Gasteiger partial charge in [-0.2, -0.15) is 0 Å². The number of thioether (sulfide) groups is 1. The molecule has 2 nitrogen and oxygen atoms in total. The molecule has 0 aromatic heterocycles. The van der Waals surface area contributed by atoms with Crippen LogP contribution in [0.25, 0.3) is 11.1 Å². The molecule has 1 N–H and O–H groups in total. The van der Waals surface area contributed by atoms with E-state index in [1.165, 1.54) is 4.90 Å². The number of benzene rings is 2. The van der Waals surface area contributed by atoms with Crippen molar-refractivity contribution < 1.29 is 9.90 Å². The minimum Gasteiger partial charge on any atom is -0.481 e. The zero-order valence-electron chi connectivity index (χ0n) is 10.1. The Morgan fingerprint density at radius 3 is 1.94 bits per heavy atom. The lowest BCUT2D eigenvalue weighted by atomic mass is 10.0. The van der Waals surface area contributed by atoms with Crippen LogP contribution in [0.5, 0.6) is 0 Å². The molecule has 92 valence electrons. The van der Waals surface area contributed by atoms with Crippen LogP contribution < -0.4 is 0 Å². The molecular formula is C15H14O2S. The number of carbonyl (C=O) groups is 1. The molecule has 2 rings (SSSR count). The smallest absolute Gasteiger partial charge is 0.307 e. The first-order valence-corrected chi connectivity index (χ1v) is 6.86. The van der Waals surface area contributed by atoms with Crippen LogP contribution in [0, 0.1) is 0 Å². The number of hydrogen-bond donors (Lipinski definition) is 1. The fraction of sp³-hybridized carbons (Fsp3) is 0.133. The van der Waals surface area contributed by atoms with Gasteiger partial charge >= 0.3 is 5.97 Å². The van der Waals surface area contributed by atoms with Gasteiger partial charge in [0.2, 0.25) is 0 Å². The Morgan fingerprint density at radius 1 is 1.00 bits per heavy atom. The largest absolute Gasteiger partial charge is 0.481 e. The Morgan fingerprint density at radius 2 is 1.50 bits per heavy atom. The van der Waals surface area contributed by atoms with Crippen molar-refractivity contribution in [2.75, 3.05) is 6.26 Å². The predicted molar refractivity (Wildman–Crippen MR) is 75.0 cm³/mol. The van der Waals surface area contributed by atoms with Crippen molar-refractivity contribution in [1.82, 2.24) is 0 Å². The number of hydrogen-bond acceptors (Lipinski definition) is 2. The first-order valence-electron chi connectivity index (χ1n) is 5.64. The Bertz CT molecular complexity index is 529. The zero-order valence-corrected chi connectivity index (χ0v) is 10.9. The van der Waals surface area contributed by atoms with Crippen LogP contribution in [0.15, 0.2) is 53.4 Å². The molecule has 0 saturated carbocycles. The molecule has 0 aliphatic heterocycles. The Labute approximate surface area is 111 Å². The topological polar surface area (TPSA) is 37.3 Å². The predicted octanol–water partition coefficient (Wildman–Crippen LogP) is 3.70. The summed E-state index contributed by atoms with van der Waals surface area (Å²) in [7, 11) is 0. The summed E-state index contributed by atoms with van der Waals surface area (Å²) in [6, 6.07) is 16.0. The van der Waals surface area contributed by atoms with E-state index in [2.05, 4.69) is 30.5 Å². The van der Waals surface area contributed by atoms with Gasteiger partial charge in [-0.1, -0.05) is 36.4 Å². The van der Waals surface area contributed by atoms with Crippen LogP contribution in [0.4, 0.5) is 0 Å². The SMILES string of the molecule is CSc1ccc(-c2ccc(CC(=O)O)cc2)cc1. The van der Waals surface area contributed by atoms with E-state index in [4.69, 9.17) is 5.11 Å². The minimum atomic E-state index is -0.799. The Hall–Kier alpha value is -1.74. The monoisotopic (exact) mass is 258 g/mol. The Balaban J connectivity index is 2.20. The van der Waals surface area contributed by atoms with E-state index < -0.39 is 5.97 Å². The van der Waals surface area contributed by atoms with Crippen molar-refractivity contribution >= 4 is 17.7 Å². The lowest BCUT2D eigenvalue weighted by Gasteiger charge is -2.04. The summed E-state index contributed by atoms with van der Waals surface area (Å²) in [5, 5.41) is 8.71. The number of rotatable bonds is 4. The lowest BCUT2D eigenvalue weighted by molar-refractivity contribution is -0.136. The van der Waals surface area contributed by atoms with Gasteiger partial charge in [0.1, 0.15) is 0 Å². The molecule has 0 amide bonds. The molecule has 3 heteroatoms. The standard InChI is InChI=1S/C15H14O2S/c1-18-14-8-6-13(7-9-14)12-4-2-11(3-5-12)10-15(16)17/h2-9H,10H2,1H3,(H,16,17). The van der Waals surface area contributed by atoms with Crippen molar-refractivity contribution in [3.63, 3.8) is 0 Å². The second-order valence-electron chi connectivity index (χ2n) is 4.00. The zero-order chi connectivity index (χ0) is 13.0. The van der Waals surface area contributed by atoms with Crippen LogP contribution >= 0.6 is 11.8 Å². The molecule has 0 aliphatic carbocycles. The third-order valence-electron chi connectivity index (χ3n) is 2.73. The molecule has 0 bridgehead atoms. The average molecular weight is 258 g/mol. The van der Waals surface area contributed by atoms with Gasteiger partial charge in [0.15, 0.2) is 0 Å². The van der Waals surface area contributed by atoms with E-state index in [9.17, 15) is 4.79 Å². The molecule has 0 aliphatic rings. The average Bonchev–Trinajstić information content (AvgIpc) is 2.39. The van der Waals surface area contributed by atoms with Gasteiger partial charge in [0.05, 0.1) is 6.42 Å². The molecule has 2 aromatic carbocycles. The van der Waals surface area contributed by atoms with E-state index in [0.717, 1.165) is 16.7 Å². The summed E-state index contributed by atoms with van der Waals surface area (Å²) in [5.41, 5.74) is 3.08. The highest BCUT2D eigenvalue weighted by Crippen LogP contribution is 2.23. The van der Waals surface area contributed by atoms with Crippen LogP contribution in [0.2, 0.25) is 0 Å². The third-order valence-corrected chi connectivity index (χ3v) is 3.48. The van der Waals surface area contributed by atoms with Gasteiger partial charge in [0, 0.05) is 4.90 Å². The van der Waals surface area contributed by atoms with Crippen molar-refractivity contribution in [3.05, 3.63) is 54.1 Å². The molecule has 0 fully saturated rings. The molecular weight excluding hydrogens is 244 g/mol. The minimum absolute atomic E-state index is 0.0751. The maximum absolute atomic E-state index is 10.6. The van der Waals surface area contributed by atoms with Gasteiger partial charge in [-0.05, 0) is 35.1 Å².